The van der Waals surface area contributed by atoms with Crippen LogP contribution in [0.1, 0.15) is 28.8 Å². The predicted molar refractivity (Wildman–Crippen MR) is 114 cm³/mol. The SMILES string of the molecule is Cc1c(Oc2ncc(C(F)(F)F)c(C)c2-c2cc(=O)c3c([nH]2)CCCS3(=N)=O)ccc(F)c1F. The molecule has 0 saturated heterocycles. The molecule has 2 aromatic heterocycles. The van der Waals surface area contributed by atoms with Gasteiger partial charge < -0.3 is 9.72 Å². The van der Waals surface area contributed by atoms with E-state index in [1.165, 1.54) is 6.92 Å². The molecule has 12 heteroatoms. The molecule has 0 bridgehead atoms. The molecular formula is C22H18F5N3O3S. The van der Waals surface area contributed by atoms with Crippen molar-refractivity contribution in [3.05, 3.63) is 68.6 Å². The van der Waals surface area contributed by atoms with E-state index in [1.807, 2.05) is 0 Å². The van der Waals surface area contributed by atoms with Gasteiger partial charge >= 0.3 is 6.18 Å². The van der Waals surface area contributed by atoms with Gasteiger partial charge in [-0.15, -0.1) is 0 Å². The first-order valence-electron chi connectivity index (χ1n) is 10.0. The molecule has 0 fully saturated rings. The number of aromatic nitrogens is 2. The third-order valence-corrected chi connectivity index (χ3v) is 7.59. The molecule has 3 heterocycles. The van der Waals surface area contributed by atoms with E-state index < -0.39 is 38.5 Å². The van der Waals surface area contributed by atoms with Crippen LogP contribution in [0.15, 0.2) is 34.1 Å². The van der Waals surface area contributed by atoms with E-state index in [4.69, 9.17) is 9.52 Å². The summed E-state index contributed by atoms with van der Waals surface area (Å²) in [4.78, 5) is 19.2. The Morgan fingerprint density at radius 1 is 1.18 bits per heavy atom. The van der Waals surface area contributed by atoms with Crippen molar-refractivity contribution in [1.29, 1.82) is 4.78 Å². The zero-order valence-electron chi connectivity index (χ0n) is 17.9. The molecule has 1 aromatic carbocycles. The Labute approximate surface area is 190 Å². The predicted octanol–water partition coefficient (Wildman–Crippen LogP) is 5.49. The molecule has 1 atom stereocenters. The summed E-state index contributed by atoms with van der Waals surface area (Å²) in [6.07, 6.45) is -3.59. The Morgan fingerprint density at radius 2 is 1.88 bits per heavy atom. The molecule has 0 aliphatic carbocycles. The van der Waals surface area contributed by atoms with Crippen molar-refractivity contribution in [1.82, 2.24) is 9.97 Å². The number of aromatic amines is 1. The van der Waals surface area contributed by atoms with Crippen LogP contribution in [0.3, 0.4) is 0 Å². The molecule has 1 aliphatic rings. The fourth-order valence-electron chi connectivity index (χ4n) is 3.94. The number of alkyl halides is 3. The Bertz CT molecular complexity index is 1480. The van der Waals surface area contributed by atoms with E-state index in [-0.39, 0.29) is 56.8 Å². The van der Waals surface area contributed by atoms with Gasteiger partial charge in [0.15, 0.2) is 17.1 Å². The lowest BCUT2D eigenvalue weighted by atomic mass is 10.0. The average Bonchev–Trinajstić information content (AvgIpc) is 2.72. The molecule has 0 saturated carbocycles. The largest absolute Gasteiger partial charge is 0.438 e. The van der Waals surface area contributed by atoms with Crippen LogP contribution in [0, 0.1) is 30.3 Å². The maximum Gasteiger partial charge on any atom is 0.418 e. The van der Waals surface area contributed by atoms with E-state index in [2.05, 4.69) is 9.97 Å². The first-order valence-corrected chi connectivity index (χ1v) is 11.8. The molecule has 6 nitrogen and oxygen atoms in total. The standard InChI is InChI=1S/C22H18F5N3O3S/c1-10-12(22(25,26)27)9-29-21(33-17-6-5-13(23)19(24)11(17)2)18(10)15-8-16(31)20-14(30-15)4-3-7-34(20,28)32/h5-6,8-9,28H,3-4,7H2,1-2H3,(H,30,31). The molecule has 1 unspecified atom stereocenters. The molecular weight excluding hydrogens is 481 g/mol. The number of pyridine rings is 2. The molecule has 1 aliphatic heterocycles. The minimum Gasteiger partial charge on any atom is -0.438 e. The van der Waals surface area contributed by atoms with Crippen molar-refractivity contribution in [2.24, 2.45) is 0 Å². The number of hydrogen-bond acceptors (Lipinski definition) is 5. The zero-order chi connectivity index (χ0) is 25.0. The first-order chi connectivity index (χ1) is 15.8. The lowest BCUT2D eigenvalue weighted by Crippen LogP contribution is -2.25. The number of fused-ring (bicyclic) bond motifs is 1. The van der Waals surface area contributed by atoms with Gasteiger partial charge in [0, 0.05) is 29.3 Å². The summed E-state index contributed by atoms with van der Waals surface area (Å²) in [7, 11) is -3.33. The quantitative estimate of drug-likeness (QED) is 0.466. The van der Waals surface area contributed by atoms with Gasteiger partial charge in [-0.2, -0.15) is 13.2 Å². The van der Waals surface area contributed by atoms with Crippen LogP contribution in [-0.4, -0.2) is 19.9 Å². The molecule has 3 aromatic rings. The summed E-state index contributed by atoms with van der Waals surface area (Å²) >= 11 is 0. The van der Waals surface area contributed by atoms with Crippen LogP contribution in [0.5, 0.6) is 11.6 Å². The van der Waals surface area contributed by atoms with E-state index in [9.17, 15) is 31.0 Å². The monoisotopic (exact) mass is 499 g/mol. The lowest BCUT2D eigenvalue weighted by molar-refractivity contribution is -0.138. The van der Waals surface area contributed by atoms with Gasteiger partial charge in [0.25, 0.3) is 0 Å². The molecule has 34 heavy (non-hydrogen) atoms. The number of nitrogens with one attached hydrogen (secondary N) is 2. The highest BCUT2D eigenvalue weighted by atomic mass is 32.2. The number of H-pyrrole nitrogens is 1. The number of ether oxygens (including phenoxy) is 1. The Morgan fingerprint density at radius 3 is 2.56 bits per heavy atom. The van der Waals surface area contributed by atoms with E-state index in [0.717, 1.165) is 25.1 Å². The van der Waals surface area contributed by atoms with Crippen molar-refractivity contribution in [3.63, 3.8) is 0 Å². The highest BCUT2D eigenvalue weighted by molar-refractivity contribution is 7.92. The third kappa shape index (κ3) is 4.06. The van der Waals surface area contributed by atoms with E-state index in [0.29, 0.717) is 12.6 Å². The number of benzene rings is 1. The number of hydrogen-bond donors (Lipinski definition) is 2. The van der Waals surface area contributed by atoms with Crippen LogP contribution in [0.4, 0.5) is 22.0 Å². The van der Waals surface area contributed by atoms with Crippen LogP contribution in [0.2, 0.25) is 0 Å². The molecule has 0 amide bonds. The van der Waals surface area contributed by atoms with Gasteiger partial charge in [-0.3, -0.25) is 4.79 Å². The minimum absolute atomic E-state index is 0.0103. The summed E-state index contributed by atoms with van der Waals surface area (Å²) in [5.41, 5.74) is -2.50. The number of nitrogens with zero attached hydrogens (tertiary/aromatic N) is 1. The van der Waals surface area contributed by atoms with Gasteiger partial charge in [0.05, 0.1) is 26.5 Å². The molecule has 180 valence electrons. The highest BCUT2D eigenvalue weighted by Crippen LogP contribution is 2.41. The lowest BCUT2D eigenvalue weighted by Gasteiger charge is -2.21. The van der Waals surface area contributed by atoms with Gasteiger partial charge in [-0.25, -0.2) is 22.8 Å². The second-order valence-electron chi connectivity index (χ2n) is 7.90. The van der Waals surface area contributed by atoms with Crippen LogP contribution >= 0.6 is 0 Å². The maximum absolute atomic E-state index is 14.0. The minimum atomic E-state index is -4.77. The summed E-state index contributed by atoms with van der Waals surface area (Å²) in [6, 6.07) is 2.87. The van der Waals surface area contributed by atoms with Crippen molar-refractivity contribution in [3.8, 4) is 22.9 Å². The number of rotatable bonds is 3. The van der Waals surface area contributed by atoms with Crippen molar-refractivity contribution >= 4 is 9.73 Å². The fraction of sp³-hybridized carbons (Fsp3) is 0.273. The summed E-state index contributed by atoms with van der Waals surface area (Å²) in [6.45, 7) is 2.40. The zero-order valence-corrected chi connectivity index (χ0v) is 18.7. The Hall–Kier alpha value is -3.28. The Kier molecular flexibility index (Phi) is 5.75. The average molecular weight is 499 g/mol. The highest BCUT2D eigenvalue weighted by Gasteiger charge is 2.36. The van der Waals surface area contributed by atoms with Crippen LogP contribution in [-0.2, 0) is 22.3 Å². The third-order valence-electron chi connectivity index (χ3n) is 5.62. The maximum atomic E-state index is 14.0. The van der Waals surface area contributed by atoms with E-state index >= 15 is 0 Å². The molecule has 0 spiro atoms. The van der Waals surface area contributed by atoms with Crippen molar-refractivity contribution < 1.29 is 30.9 Å². The topological polar surface area (TPSA) is 95.9 Å². The first kappa shape index (κ1) is 23.9. The molecule has 0 radical (unpaired) electrons. The second kappa shape index (κ2) is 8.19. The van der Waals surface area contributed by atoms with Crippen molar-refractivity contribution in [2.45, 2.75) is 37.8 Å². The number of halogens is 5. The summed E-state index contributed by atoms with van der Waals surface area (Å²) in [5, 5.41) is 0. The van der Waals surface area contributed by atoms with Crippen LogP contribution in [0.25, 0.3) is 11.3 Å². The van der Waals surface area contributed by atoms with Crippen LogP contribution < -0.4 is 10.2 Å². The van der Waals surface area contributed by atoms with Gasteiger partial charge in [-0.05, 0) is 44.4 Å². The van der Waals surface area contributed by atoms with Gasteiger partial charge in [0.2, 0.25) is 5.88 Å². The summed E-state index contributed by atoms with van der Waals surface area (Å²) < 4.78 is 94.5. The summed E-state index contributed by atoms with van der Waals surface area (Å²) in [5.74, 6) is -2.86. The fourth-order valence-corrected chi connectivity index (χ4v) is 5.63. The molecule has 4 rings (SSSR count). The number of aryl methyl sites for hydroxylation is 1. The van der Waals surface area contributed by atoms with Gasteiger partial charge in [-0.1, -0.05) is 0 Å². The normalized spacial score (nSPS) is 18.0. The Balaban J connectivity index is 1.97. The molecule has 2 N–H and O–H groups in total. The second-order valence-corrected chi connectivity index (χ2v) is 10.1. The van der Waals surface area contributed by atoms with E-state index in [1.54, 1.807) is 0 Å². The smallest absolute Gasteiger partial charge is 0.418 e. The van der Waals surface area contributed by atoms with Crippen molar-refractivity contribution in [2.75, 3.05) is 5.75 Å². The van der Waals surface area contributed by atoms with Gasteiger partial charge in [0.1, 0.15) is 10.6 Å².